The van der Waals surface area contributed by atoms with Crippen molar-refractivity contribution in [3.63, 3.8) is 0 Å². The lowest BCUT2D eigenvalue weighted by atomic mass is 10.0. The van der Waals surface area contributed by atoms with Gasteiger partial charge in [0.15, 0.2) is 0 Å². The number of hydrogen-bond donors (Lipinski definition) is 0. The summed E-state index contributed by atoms with van der Waals surface area (Å²) < 4.78 is 0. The van der Waals surface area contributed by atoms with Crippen LogP contribution in [0.25, 0.3) is 0 Å². The van der Waals surface area contributed by atoms with E-state index in [-0.39, 0.29) is 0 Å². The summed E-state index contributed by atoms with van der Waals surface area (Å²) in [6.07, 6.45) is 5.09. The third-order valence-corrected chi connectivity index (χ3v) is 2.32. The van der Waals surface area contributed by atoms with Crippen molar-refractivity contribution in [3.8, 4) is 6.07 Å². The predicted molar refractivity (Wildman–Crippen MR) is 40.3 cm³/mol. The Morgan fingerprint density at radius 1 is 1.78 bits per heavy atom. The quantitative estimate of drug-likeness (QED) is 0.532. The summed E-state index contributed by atoms with van der Waals surface area (Å²) in [6, 6.07) is 2.16. The van der Waals surface area contributed by atoms with Crippen LogP contribution in [0.15, 0.2) is 11.6 Å². The predicted octanol–water partition coefficient (Wildman–Crippen LogP) is 2.38. The maximum atomic E-state index is 8.44. The lowest BCUT2D eigenvalue weighted by Crippen LogP contribution is -2.02. The van der Waals surface area contributed by atoms with Gasteiger partial charge in [-0.05, 0) is 19.3 Å². The maximum absolute atomic E-state index is 8.44. The Kier molecular flexibility index (Phi) is 2.29. The number of nitriles is 1. The molecule has 0 aromatic heterocycles. The third-order valence-electron chi connectivity index (χ3n) is 1.49. The highest BCUT2D eigenvalue weighted by Crippen LogP contribution is 2.22. The van der Waals surface area contributed by atoms with Gasteiger partial charge < -0.3 is 0 Å². The smallest absolute Gasteiger partial charge is 0.0943 e. The van der Waals surface area contributed by atoms with E-state index in [1.54, 1.807) is 0 Å². The van der Waals surface area contributed by atoms with Gasteiger partial charge in [-0.25, -0.2) is 0 Å². The molecular weight excluding hydrogens is 178 g/mol. The van der Waals surface area contributed by atoms with Crippen LogP contribution in [0.4, 0.5) is 0 Å². The second-order valence-corrected chi connectivity index (χ2v) is 3.51. The number of nitrogens with zero attached hydrogens (tertiary/aromatic N) is 1. The summed E-state index contributed by atoms with van der Waals surface area (Å²) >= 11 is 3.49. The first-order valence-electron chi connectivity index (χ1n) is 3.06. The van der Waals surface area contributed by atoms with Crippen LogP contribution in [-0.2, 0) is 0 Å². The maximum Gasteiger partial charge on any atom is 0.0943 e. The van der Waals surface area contributed by atoms with E-state index < -0.39 is 0 Å². The molecule has 2 heteroatoms. The van der Waals surface area contributed by atoms with E-state index in [1.807, 2.05) is 6.08 Å². The molecule has 0 aliphatic heterocycles. The highest BCUT2D eigenvalue weighted by molar-refractivity contribution is 9.09. The standard InChI is InChI=1S/C7H8BrN/c8-7-3-1-6(5-9)2-4-7/h1,7H,2-4H2. The van der Waals surface area contributed by atoms with Gasteiger partial charge in [0.2, 0.25) is 0 Å². The first-order chi connectivity index (χ1) is 4.33. The van der Waals surface area contributed by atoms with Crippen LogP contribution in [0, 0.1) is 11.3 Å². The molecule has 1 atom stereocenters. The molecule has 0 bridgehead atoms. The van der Waals surface area contributed by atoms with Gasteiger partial charge in [0.1, 0.15) is 0 Å². The molecule has 48 valence electrons. The normalized spacial score (nSPS) is 26.7. The highest BCUT2D eigenvalue weighted by Gasteiger charge is 2.09. The van der Waals surface area contributed by atoms with Gasteiger partial charge in [0.05, 0.1) is 6.07 Å². The van der Waals surface area contributed by atoms with Crippen LogP contribution in [0.5, 0.6) is 0 Å². The van der Waals surface area contributed by atoms with Crippen LogP contribution in [0.1, 0.15) is 19.3 Å². The second-order valence-electron chi connectivity index (χ2n) is 2.21. The van der Waals surface area contributed by atoms with Gasteiger partial charge in [-0.2, -0.15) is 5.26 Å². The first kappa shape index (κ1) is 6.82. The van der Waals surface area contributed by atoms with E-state index in [1.165, 1.54) is 0 Å². The molecule has 0 fully saturated rings. The molecule has 0 spiro atoms. The second kappa shape index (κ2) is 3.03. The fraction of sp³-hybridized carbons (Fsp3) is 0.571. The van der Waals surface area contributed by atoms with E-state index in [4.69, 9.17) is 5.26 Å². The van der Waals surface area contributed by atoms with Crippen LogP contribution < -0.4 is 0 Å². The average Bonchev–Trinajstić information content (AvgIpc) is 1.90. The van der Waals surface area contributed by atoms with Crippen molar-refractivity contribution in [2.75, 3.05) is 0 Å². The Hall–Kier alpha value is -0.290. The minimum absolute atomic E-state index is 0.606. The van der Waals surface area contributed by atoms with Crippen LogP contribution in [0.2, 0.25) is 0 Å². The molecule has 0 aromatic carbocycles. The third kappa shape index (κ3) is 1.83. The van der Waals surface area contributed by atoms with Crippen molar-refractivity contribution in [1.82, 2.24) is 0 Å². The Labute approximate surface area is 63.5 Å². The van der Waals surface area contributed by atoms with E-state index in [9.17, 15) is 0 Å². The molecule has 1 aliphatic rings. The lowest BCUT2D eigenvalue weighted by Gasteiger charge is -2.11. The largest absolute Gasteiger partial charge is 0.193 e. The number of allylic oxidation sites excluding steroid dienone is 2. The fourth-order valence-corrected chi connectivity index (χ4v) is 1.32. The molecule has 0 aromatic rings. The molecular formula is C7H8BrN. The Morgan fingerprint density at radius 2 is 2.56 bits per heavy atom. The Bertz CT molecular complexity index is 166. The van der Waals surface area contributed by atoms with E-state index in [0.717, 1.165) is 24.8 Å². The molecule has 9 heavy (non-hydrogen) atoms. The van der Waals surface area contributed by atoms with Gasteiger partial charge in [-0.3, -0.25) is 0 Å². The first-order valence-corrected chi connectivity index (χ1v) is 3.97. The molecule has 0 amide bonds. The summed E-state index contributed by atoms with van der Waals surface area (Å²) in [7, 11) is 0. The summed E-state index contributed by atoms with van der Waals surface area (Å²) in [5.41, 5.74) is 0.950. The summed E-state index contributed by atoms with van der Waals surface area (Å²) in [4.78, 5) is 0.606. The lowest BCUT2D eigenvalue weighted by molar-refractivity contribution is 0.741. The van der Waals surface area contributed by atoms with Gasteiger partial charge >= 0.3 is 0 Å². The molecule has 1 nitrogen and oxygen atoms in total. The van der Waals surface area contributed by atoms with Crippen LogP contribution in [0.3, 0.4) is 0 Å². The molecule has 0 saturated heterocycles. The van der Waals surface area contributed by atoms with Crippen molar-refractivity contribution in [2.24, 2.45) is 0 Å². The number of halogens is 1. The Balaban J connectivity index is 2.53. The Morgan fingerprint density at radius 3 is 3.00 bits per heavy atom. The molecule has 1 unspecified atom stereocenters. The van der Waals surface area contributed by atoms with Gasteiger partial charge in [-0.1, -0.05) is 22.0 Å². The van der Waals surface area contributed by atoms with E-state index in [2.05, 4.69) is 22.0 Å². The zero-order valence-corrected chi connectivity index (χ0v) is 6.69. The zero-order valence-electron chi connectivity index (χ0n) is 5.10. The van der Waals surface area contributed by atoms with Gasteiger partial charge in [0, 0.05) is 10.4 Å². The topological polar surface area (TPSA) is 23.8 Å². The molecule has 0 heterocycles. The molecule has 1 aliphatic carbocycles. The van der Waals surface area contributed by atoms with Crippen molar-refractivity contribution < 1.29 is 0 Å². The van der Waals surface area contributed by atoms with E-state index in [0.29, 0.717) is 4.83 Å². The van der Waals surface area contributed by atoms with Gasteiger partial charge in [-0.15, -0.1) is 0 Å². The number of alkyl halides is 1. The van der Waals surface area contributed by atoms with Crippen molar-refractivity contribution in [2.45, 2.75) is 24.1 Å². The molecule has 0 N–H and O–H groups in total. The minimum atomic E-state index is 0.606. The summed E-state index contributed by atoms with van der Waals surface area (Å²) in [5, 5.41) is 8.44. The van der Waals surface area contributed by atoms with Crippen molar-refractivity contribution in [1.29, 1.82) is 5.26 Å². The molecule has 0 saturated carbocycles. The molecule has 1 rings (SSSR count). The number of rotatable bonds is 0. The fourth-order valence-electron chi connectivity index (χ4n) is 0.904. The monoisotopic (exact) mass is 185 g/mol. The summed E-state index contributed by atoms with van der Waals surface area (Å²) in [5.74, 6) is 0. The summed E-state index contributed by atoms with van der Waals surface area (Å²) in [6.45, 7) is 0. The SMILES string of the molecule is N#CC1=CCC(Br)CC1. The highest BCUT2D eigenvalue weighted by atomic mass is 79.9. The number of hydrogen-bond acceptors (Lipinski definition) is 1. The van der Waals surface area contributed by atoms with Crippen LogP contribution in [-0.4, -0.2) is 4.83 Å². The average molecular weight is 186 g/mol. The zero-order chi connectivity index (χ0) is 6.69. The van der Waals surface area contributed by atoms with Crippen molar-refractivity contribution >= 4 is 15.9 Å². The minimum Gasteiger partial charge on any atom is -0.193 e. The van der Waals surface area contributed by atoms with Crippen molar-refractivity contribution in [3.05, 3.63) is 11.6 Å². The van der Waals surface area contributed by atoms with Crippen LogP contribution >= 0.6 is 15.9 Å². The van der Waals surface area contributed by atoms with Gasteiger partial charge in [0.25, 0.3) is 0 Å². The van der Waals surface area contributed by atoms with E-state index >= 15 is 0 Å². The molecule has 0 radical (unpaired) electrons.